The third kappa shape index (κ3) is 6.73. The molecule has 1 N–H and O–H groups in total. The number of tetrazole rings is 1. The number of nitrogens with one attached hydrogen (secondary N) is 1. The summed E-state index contributed by atoms with van der Waals surface area (Å²) in [6, 6.07) is 8.98. The summed E-state index contributed by atoms with van der Waals surface area (Å²) >= 11 is 0. The van der Waals surface area contributed by atoms with E-state index in [2.05, 4.69) is 20.7 Å². The number of aromatic nitrogens is 4. The molecule has 2 amide bonds. The van der Waals surface area contributed by atoms with Crippen LogP contribution in [0.1, 0.15) is 31.6 Å². The van der Waals surface area contributed by atoms with Gasteiger partial charge in [-0.1, -0.05) is 0 Å². The highest BCUT2D eigenvalue weighted by atomic mass is 16.5. The molecule has 1 saturated heterocycles. The van der Waals surface area contributed by atoms with E-state index in [1.165, 1.54) is 6.26 Å². The van der Waals surface area contributed by atoms with Gasteiger partial charge in [-0.2, -0.15) is 4.80 Å². The Kier molecular flexibility index (Phi) is 9.03. The topological polar surface area (TPSA) is 151 Å². The molecule has 13 nitrogen and oxygen atoms in total. The van der Waals surface area contributed by atoms with Crippen molar-refractivity contribution in [2.75, 3.05) is 33.4 Å². The van der Waals surface area contributed by atoms with Crippen molar-refractivity contribution < 1.29 is 33.0 Å². The summed E-state index contributed by atoms with van der Waals surface area (Å²) in [7, 11) is 1.57. The lowest BCUT2D eigenvalue weighted by Crippen LogP contribution is -2.48. The molecular formula is C25H30N6O7. The van der Waals surface area contributed by atoms with E-state index in [1.807, 2.05) is 0 Å². The number of benzene rings is 1. The van der Waals surface area contributed by atoms with Gasteiger partial charge in [-0.15, -0.1) is 10.2 Å². The van der Waals surface area contributed by atoms with E-state index in [4.69, 9.17) is 18.6 Å². The average Bonchev–Trinajstić information content (AvgIpc) is 3.71. The highest BCUT2D eigenvalue weighted by Crippen LogP contribution is 2.23. The number of hydrogen-bond donors (Lipinski definition) is 1. The molecule has 1 fully saturated rings. The standard InChI is InChI=1S/C25H30N6O7/c1-3-36-22(33)16-30(23(20-7-5-13-38-20)25(34)26-14-19-6-4-12-37-19)21(32)15-31-28-24(27-29-31)17-8-10-18(35-2)11-9-17/h5,7-11,13,19,23H,3-4,6,12,14-16H2,1-2H3,(H,26,34)/t19-,23-/m1/s1. The highest BCUT2D eigenvalue weighted by Gasteiger charge is 2.36. The van der Waals surface area contributed by atoms with Gasteiger partial charge in [0.25, 0.3) is 5.91 Å². The summed E-state index contributed by atoms with van der Waals surface area (Å²) in [5.74, 6) is -0.626. The SMILES string of the molecule is CCOC(=O)CN(C(=O)Cn1nnc(-c2ccc(OC)cc2)n1)[C@@H](C(=O)NC[C@H]1CCCO1)c1ccco1. The van der Waals surface area contributed by atoms with Gasteiger partial charge < -0.3 is 28.8 Å². The van der Waals surface area contributed by atoms with Gasteiger partial charge in [-0.05, 0) is 61.4 Å². The molecular weight excluding hydrogens is 496 g/mol. The predicted molar refractivity (Wildman–Crippen MR) is 132 cm³/mol. The van der Waals surface area contributed by atoms with Gasteiger partial charge in [0.1, 0.15) is 24.6 Å². The highest BCUT2D eigenvalue weighted by molar-refractivity contribution is 5.90. The van der Waals surface area contributed by atoms with Crippen LogP contribution < -0.4 is 10.1 Å². The third-order valence-corrected chi connectivity index (χ3v) is 5.90. The van der Waals surface area contributed by atoms with Gasteiger partial charge in [0, 0.05) is 18.7 Å². The number of furan rings is 1. The van der Waals surface area contributed by atoms with E-state index < -0.39 is 30.4 Å². The molecule has 2 aromatic heterocycles. The summed E-state index contributed by atoms with van der Waals surface area (Å²) < 4.78 is 21.3. The van der Waals surface area contributed by atoms with Gasteiger partial charge in [0.05, 0.1) is 26.1 Å². The van der Waals surface area contributed by atoms with Gasteiger partial charge in [0.2, 0.25) is 11.7 Å². The van der Waals surface area contributed by atoms with Crippen molar-refractivity contribution >= 4 is 17.8 Å². The molecule has 4 rings (SSSR count). The predicted octanol–water partition coefficient (Wildman–Crippen LogP) is 1.37. The minimum absolute atomic E-state index is 0.110. The average molecular weight is 527 g/mol. The Morgan fingerprint density at radius 2 is 2.05 bits per heavy atom. The maximum Gasteiger partial charge on any atom is 0.325 e. The minimum atomic E-state index is -1.23. The number of rotatable bonds is 12. The van der Waals surface area contributed by atoms with Crippen molar-refractivity contribution in [3.63, 3.8) is 0 Å². The smallest absolute Gasteiger partial charge is 0.325 e. The van der Waals surface area contributed by atoms with Crippen molar-refractivity contribution in [3.05, 3.63) is 48.4 Å². The lowest BCUT2D eigenvalue weighted by molar-refractivity contribution is -0.153. The summed E-state index contributed by atoms with van der Waals surface area (Å²) in [4.78, 5) is 41.5. The molecule has 0 saturated carbocycles. The van der Waals surface area contributed by atoms with Crippen LogP contribution in [0.2, 0.25) is 0 Å². The van der Waals surface area contributed by atoms with Crippen molar-refractivity contribution in [2.24, 2.45) is 0 Å². The van der Waals surface area contributed by atoms with E-state index in [0.717, 1.165) is 22.5 Å². The first kappa shape index (κ1) is 26.8. The Hall–Kier alpha value is -4.26. The Balaban J connectivity index is 1.54. The summed E-state index contributed by atoms with van der Waals surface area (Å²) in [6.07, 6.45) is 3.02. The maximum absolute atomic E-state index is 13.5. The second-order valence-corrected chi connectivity index (χ2v) is 8.50. The van der Waals surface area contributed by atoms with E-state index in [1.54, 1.807) is 50.4 Å². The molecule has 3 heterocycles. The largest absolute Gasteiger partial charge is 0.497 e. The van der Waals surface area contributed by atoms with Crippen LogP contribution in [-0.2, 0) is 30.4 Å². The third-order valence-electron chi connectivity index (χ3n) is 5.90. The number of hydrogen-bond acceptors (Lipinski definition) is 10. The number of esters is 1. The molecule has 13 heteroatoms. The maximum atomic E-state index is 13.5. The summed E-state index contributed by atoms with van der Waals surface area (Å²) in [5.41, 5.74) is 0.676. The zero-order valence-electron chi connectivity index (χ0n) is 21.2. The number of methoxy groups -OCH3 is 1. The van der Waals surface area contributed by atoms with E-state index >= 15 is 0 Å². The van der Waals surface area contributed by atoms with Crippen LogP contribution >= 0.6 is 0 Å². The Morgan fingerprint density at radius 1 is 1.24 bits per heavy atom. The van der Waals surface area contributed by atoms with Crippen LogP contribution in [0.4, 0.5) is 0 Å². The van der Waals surface area contributed by atoms with Crippen LogP contribution in [0.15, 0.2) is 47.1 Å². The van der Waals surface area contributed by atoms with Crippen molar-refractivity contribution in [1.82, 2.24) is 30.4 Å². The number of amides is 2. The van der Waals surface area contributed by atoms with Crippen LogP contribution in [0.25, 0.3) is 11.4 Å². The Labute approximate surface area is 219 Å². The first-order valence-corrected chi connectivity index (χ1v) is 12.3. The van der Waals surface area contributed by atoms with Crippen LogP contribution in [0, 0.1) is 0 Å². The van der Waals surface area contributed by atoms with Gasteiger partial charge in [-0.25, -0.2) is 0 Å². The van der Waals surface area contributed by atoms with Crippen molar-refractivity contribution in [1.29, 1.82) is 0 Å². The molecule has 38 heavy (non-hydrogen) atoms. The molecule has 0 bridgehead atoms. The molecule has 0 radical (unpaired) electrons. The van der Waals surface area contributed by atoms with Gasteiger partial charge >= 0.3 is 5.97 Å². The summed E-state index contributed by atoms with van der Waals surface area (Å²) in [6.45, 7) is 1.83. The number of ether oxygens (including phenoxy) is 3. The molecule has 0 unspecified atom stereocenters. The molecule has 0 spiro atoms. The zero-order chi connectivity index (χ0) is 26.9. The van der Waals surface area contributed by atoms with Crippen LogP contribution in [0.5, 0.6) is 5.75 Å². The van der Waals surface area contributed by atoms with Crippen LogP contribution in [0.3, 0.4) is 0 Å². The lowest BCUT2D eigenvalue weighted by atomic mass is 10.1. The van der Waals surface area contributed by atoms with Crippen molar-refractivity contribution in [2.45, 2.75) is 38.5 Å². The van der Waals surface area contributed by atoms with Crippen molar-refractivity contribution in [3.8, 4) is 17.1 Å². The lowest BCUT2D eigenvalue weighted by Gasteiger charge is -2.29. The monoisotopic (exact) mass is 526 g/mol. The molecule has 0 aliphatic carbocycles. The second-order valence-electron chi connectivity index (χ2n) is 8.50. The molecule has 1 aliphatic heterocycles. The quantitative estimate of drug-likeness (QED) is 0.343. The number of nitrogens with zero attached hydrogens (tertiary/aromatic N) is 5. The van der Waals surface area contributed by atoms with E-state index in [9.17, 15) is 14.4 Å². The van der Waals surface area contributed by atoms with Gasteiger partial charge in [-0.3, -0.25) is 14.4 Å². The fourth-order valence-corrected chi connectivity index (χ4v) is 4.03. The fourth-order valence-electron chi connectivity index (χ4n) is 4.03. The first-order valence-electron chi connectivity index (χ1n) is 12.3. The van der Waals surface area contributed by atoms with E-state index in [-0.39, 0.29) is 31.6 Å². The molecule has 202 valence electrons. The molecule has 3 aromatic rings. The van der Waals surface area contributed by atoms with Crippen LogP contribution in [-0.4, -0.2) is 82.4 Å². The zero-order valence-corrected chi connectivity index (χ0v) is 21.2. The Bertz CT molecular complexity index is 1210. The second kappa shape index (κ2) is 12.8. The van der Waals surface area contributed by atoms with E-state index in [0.29, 0.717) is 23.7 Å². The summed E-state index contributed by atoms with van der Waals surface area (Å²) in [5, 5.41) is 15.1. The van der Waals surface area contributed by atoms with Gasteiger partial charge in [0.15, 0.2) is 6.04 Å². The first-order chi connectivity index (χ1) is 18.5. The number of carbonyl (C=O) groups is 3. The minimum Gasteiger partial charge on any atom is -0.497 e. The normalized spacial score (nSPS) is 15.6. The number of carbonyl (C=O) groups excluding carboxylic acids is 3. The molecule has 1 aromatic carbocycles. The Morgan fingerprint density at radius 3 is 2.71 bits per heavy atom. The molecule has 2 atom stereocenters. The molecule has 1 aliphatic rings. The fraction of sp³-hybridized carbons (Fsp3) is 0.440.